The van der Waals surface area contributed by atoms with Crippen molar-refractivity contribution in [1.82, 2.24) is 10.3 Å². The Bertz CT molecular complexity index is 597. The van der Waals surface area contributed by atoms with Crippen LogP contribution in [0, 0.1) is 0 Å². The normalized spacial score (nSPS) is 11.6. The predicted octanol–water partition coefficient (Wildman–Crippen LogP) is 2.89. The average Bonchev–Trinajstić information content (AvgIpc) is 2.35. The van der Waals surface area contributed by atoms with Crippen LogP contribution in [0.5, 0.6) is 0 Å². The second-order valence-electron chi connectivity index (χ2n) is 5.40. The molecule has 0 aliphatic carbocycles. The Morgan fingerprint density at radius 1 is 1.17 bits per heavy atom. The molecule has 3 nitrogen and oxygen atoms in total. The molecular formula is C15H18N2O. The van der Waals surface area contributed by atoms with Gasteiger partial charge in [0.1, 0.15) is 5.69 Å². The number of hydrogen-bond donors (Lipinski definition) is 1. The average molecular weight is 242 g/mol. The first-order valence-corrected chi connectivity index (χ1v) is 6.06. The van der Waals surface area contributed by atoms with Crippen LogP contribution < -0.4 is 5.32 Å². The third-order valence-electron chi connectivity index (χ3n) is 2.99. The topological polar surface area (TPSA) is 42.0 Å². The quantitative estimate of drug-likeness (QED) is 0.835. The third kappa shape index (κ3) is 2.21. The number of rotatable bonds is 1. The molecule has 0 fully saturated rings. The van der Waals surface area contributed by atoms with Crippen LogP contribution in [-0.4, -0.2) is 17.9 Å². The molecule has 0 aliphatic heterocycles. The van der Waals surface area contributed by atoms with Gasteiger partial charge in [-0.2, -0.15) is 0 Å². The Labute approximate surface area is 107 Å². The molecule has 94 valence electrons. The zero-order valence-electron chi connectivity index (χ0n) is 11.2. The summed E-state index contributed by atoms with van der Waals surface area (Å²) in [5.41, 5.74) is 2.53. The molecule has 0 atom stereocenters. The zero-order chi connectivity index (χ0) is 13.3. The number of pyridine rings is 1. The van der Waals surface area contributed by atoms with Crippen LogP contribution in [0.3, 0.4) is 0 Å². The van der Waals surface area contributed by atoms with Gasteiger partial charge in [0.05, 0.1) is 5.52 Å². The van der Waals surface area contributed by atoms with Gasteiger partial charge in [-0.15, -0.1) is 0 Å². The van der Waals surface area contributed by atoms with Crippen LogP contribution >= 0.6 is 0 Å². The van der Waals surface area contributed by atoms with Gasteiger partial charge < -0.3 is 5.32 Å². The fourth-order valence-corrected chi connectivity index (χ4v) is 2.01. The van der Waals surface area contributed by atoms with Gasteiger partial charge in [-0.25, -0.2) is 4.98 Å². The van der Waals surface area contributed by atoms with E-state index in [0.29, 0.717) is 5.69 Å². The Balaban J connectivity index is 2.70. The molecule has 0 bridgehead atoms. The molecule has 2 aromatic rings. The minimum Gasteiger partial charge on any atom is -0.354 e. The lowest BCUT2D eigenvalue weighted by Crippen LogP contribution is -2.20. The molecule has 0 unspecified atom stereocenters. The fourth-order valence-electron chi connectivity index (χ4n) is 2.01. The largest absolute Gasteiger partial charge is 0.354 e. The van der Waals surface area contributed by atoms with Crippen molar-refractivity contribution < 1.29 is 4.79 Å². The Morgan fingerprint density at radius 2 is 1.89 bits per heavy atom. The number of carbonyl (C=O) groups is 1. The summed E-state index contributed by atoms with van der Waals surface area (Å²) in [6, 6.07) is 9.83. The molecular weight excluding hydrogens is 224 g/mol. The Morgan fingerprint density at radius 3 is 2.50 bits per heavy atom. The smallest absolute Gasteiger partial charge is 0.269 e. The number of para-hydroxylation sites is 1. The van der Waals surface area contributed by atoms with Gasteiger partial charge in [-0.05, 0) is 17.0 Å². The SMILES string of the molecule is CNC(=O)c1ccc2cccc(C(C)(C)C)c2n1. The summed E-state index contributed by atoms with van der Waals surface area (Å²) >= 11 is 0. The maximum Gasteiger partial charge on any atom is 0.269 e. The van der Waals surface area contributed by atoms with E-state index in [2.05, 4.69) is 37.1 Å². The van der Waals surface area contributed by atoms with E-state index in [1.54, 1.807) is 13.1 Å². The molecule has 18 heavy (non-hydrogen) atoms. The van der Waals surface area contributed by atoms with Crippen LogP contribution in [0.2, 0.25) is 0 Å². The molecule has 1 aromatic heterocycles. The van der Waals surface area contributed by atoms with Crippen molar-refractivity contribution in [3.63, 3.8) is 0 Å². The van der Waals surface area contributed by atoms with Crippen LogP contribution in [0.25, 0.3) is 10.9 Å². The van der Waals surface area contributed by atoms with E-state index in [9.17, 15) is 4.79 Å². The number of hydrogen-bond acceptors (Lipinski definition) is 2. The lowest BCUT2D eigenvalue weighted by atomic mass is 9.85. The molecule has 2 rings (SSSR count). The fraction of sp³-hybridized carbons (Fsp3) is 0.333. The Hall–Kier alpha value is -1.90. The molecule has 0 radical (unpaired) electrons. The number of fused-ring (bicyclic) bond motifs is 1. The maximum absolute atomic E-state index is 11.6. The first kappa shape index (κ1) is 12.6. The maximum atomic E-state index is 11.6. The molecule has 0 saturated heterocycles. The zero-order valence-corrected chi connectivity index (χ0v) is 11.2. The Kier molecular flexibility index (Phi) is 3.07. The van der Waals surface area contributed by atoms with E-state index >= 15 is 0 Å². The van der Waals surface area contributed by atoms with Crippen LogP contribution in [0.1, 0.15) is 36.8 Å². The first-order valence-electron chi connectivity index (χ1n) is 6.06. The number of carbonyl (C=O) groups excluding carboxylic acids is 1. The van der Waals surface area contributed by atoms with Crippen molar-refractivity contribution in [3.8, 4) is 0 Å². The second kappa shape index (κ2) is 4.41. The van der Waals surface area contributed by atoms with E-state index in [0.717, 1.165) is 16.5 Å². The van der Waals surface area contributed by atoms with Crippen molar-refractivity contribution >= 4 is 16.8 Å². The van der Waals surface area contributed by atoms with E-state index in [1.807, 2.05) is 18.2 Å². The van der Waals surface area contributed by atoms with Gasteiger partial charge in [-0.3, -0.25) is 4.79 Å². The number of amides is 1. The molecule has 0 saturated carbocycles. The van der Waals surface area contributed by atoms with E-state index in [-0.39, 0.29) is 11.3 Å². The summed E-state index contributed by atoms with van der Waals surface area (Å²) in [6.45, 7) is 6.45. The summed E-state index contributed by atoms with van der Waals surface area (Å²) in [7, 11) is 1.61. The predicted molar refractivity (Wildman–Crippen MR) is 73.8 cm³/mol. The summed E-state index contributed by atoms with van der Waals surface area (Å²) in [5.74, 6) is -0.152. The van der Waals surface area contributed by atoms with Crippen molar-refractivity contribution in [1.29, 1.82) is 0 Å². The highest BCUT2D eigenvalue weighted by Crippen LogP contribution is 2.28. The van der Waals surface area contributed by atoms with Crippen LogP contribution in [0.15, 0.2) is 30.3 Å². The number of nitrogens with zero attached hydrogens (tertiary/aromatic N) is 1. The lowest BCUT2D eigenvalue weighted by molar-refractivity contribution is 0.0958. The molecule has 0 aliphatic rings. The molecule has 1 N–H and O–H groups in total. The van der Waals surface area contributed by atoms with E-state index < -0.39 is 0 Å². The van der Waals surface area contributed by atoms with Crippen molar-refractivity contribution in [2.45, 2.75) is 26.2 Å². The minimum atomic E-state index is -0.152. The highest BCUT2D eigenvalue weighted by Gasteiger charge is 2.18. The van der Waals surface area contributed by atoms with Gasteiger partial charge in [0.2, 0.25) is 0 Å². The van der Waals surface area contributed by atoms with E-state index in [1.165, 1.54) is 0 Å². The number of nitrogens with one attached hydrogen (secondary N) is 1. The second-order valence-corrected chi connectivity index (χ2v) is 5.40. The standard InChI is InChI=1S/C15H18N2O/c1-15(2,3)11-7-5-6-10-8-9-12(14(18)16-4)17-13(10)11/h5-9H,1-4H3,(H,16,18). The highest BCUT2D eigenvalue weighted by molar-refractivity contribution is 5.95. The molecule has 1 aromatic carbocycles. The molecule has 0 spiro atoms. The lowest BCUT2D eigenvalue weighted by Gasteiger charge is -2.20. The van der Waals surface area contributed by atoms with Gasteiger partial charge >= 0.3 is 0 Å². The summed E-state index contributed by atoms with van der Waals surface area (Å²) in [6.07, 6.45) is 0. The van der Waals surface area contributed by atoms with Crippen molar-refractivity contribution in [2.75, 3.05) is 7.05 Å². The van der Waals surface area contributed by atoms with Crippen molar-refractivity contribution in [3.05, 3.63) is 41.6 Å². The van der Waals surface area contributed by atoms with Crippen molar-refractivity contribution in [2.24, 2.45) is 0 Å². The third-order valence-corrected chi connectivity index (χ3v) is 2.99. The highest BCUT2D eigenvalue weighted by atomic mass is 16.1. The first-order chi connectivity index (χ1) is 8.43. The number of benzene rings is 1. The monoisotopic (exact) mass is 242 g/mol. The van der Waals surface area contributed by atoms with Crippen LogP contribution in [0.4, 0.5) is 0 Å². The number of aromatic nitrogens is 1. The minimum absolute atomic E-state index is 0.00776. The van der Waals surface area contributed by atoms with Crippen LogP contribution in [-0.2, 0) is 5.41 Å². The van der Waals surface area contributed by atoms with Gasteiger partial charge in [0.15, 0.2) is 0 Å². The van der Waals surface area contributed by atoms with E-state index in [4.69, 9.17) is 0 Å². The van der Waals surface area contributed by atoms with Gasteiger partial charge in [-0.1, -0.05) is 45.0 Å². The summed E-state index contributed by atoms with van der Waals surface area (Å²) in [4.78, 5) is 16.1. The van der Waals surface area contributed by atoms with Gasteiger partial charge in [0, 0.05) is 12.4 Å². The summed E-state index contributed by atoms with van der Waals surface area (Å²) in [5, 5.41) is 3.67. The molecule has 1 amide bonds. The summed E-state index contributed by atoms with van der Waals surface area (Å²) < 4.78 is 0. The molecule has 1 heterocycles. The van der Waals surface area contributed by atoms with Gasteiger partial charge in [0.25, 0.3) is 5.91 Å². The molecule has 3 heteroatoms.